The van der Waals surface area contributed by atoms with E-state index in [1.807, 2.05) is 36.4 Å². The van der Waals surface area contributed by atoms with Gasteiger partial charge in [-0.2, -0.15) is 0 Å². The van der Waals surface area contributed by atoms with Gasteiger partial charge in [-0.25, -0.2) is 0 Å². The number of fused-ring (bicyclic) bond motifs is 3. The number of amides is 1. The van der Waals surface area contributed by atoms with Crippen molar-refractivity contribution in [3.05, 3.63) is 99.8 Å². The van der Waals surface area contributed by atoms with Crippen LogP contribution in [0.25, 0.3) is 16.9 Å². The molecule has 0 saturated heterocycles. The smallest absolute Gasteiger partial charge is 0.255 e. The van der Waals surface area contributed by atoms with Gasteiger partial charge in [0.25, 0.3) is 5.91 Å². The van der Waals surface area contributed by atoms with Crippen LogP contribution in [0.15, 0.2) is 77.6 Å². The molecule has 1 amide bonds. The molecule has 10 heteroatoms. The number of phenols is 1. The lowest BCUT2D eigenvalue weighted by atomic mass is 9.59. The largest absolute Gasteiger partial charge is 0.508 e. The van der Waals surface area contributed by atoms with E-state index >= 15 is 0 Å². The van der Waals surface area contributed by atoms with Crippen molar-refractivity contribution in [1.82, 2.24) is 5.32 Å². The molecule has 0 aromatic heterocycles. The molecule has 10 nitrogen and oxygen atoms in total. The fourth-order valence-corrected chi connectivity index (χ4v) is 7.06. The minimum absolute atomic E-state index is 0.0353. The fraction of sp³-hybridized carbons (Fsp3) is 0.286. The van der Waals surface area contributed by atoms with E-state index in [0.717, 1.165) is 24.1 Å². The average molecular weight is 611 g/mol. The van der Waals surface area contributed by atoms with Crippen molar-refractivity contribution in [2.45, 2.75) is 37.8 Å². The quantitative estimate of drug-likeness (QED) is 0.165. The van der Waals surface area contributed by atoms with Gasteiger partial charge in [0, 0.05) is 30.0 Å². The van der Waals surface area contributed by atoms with Gasteiger partial charge in [0.2, 0.25) is 5.78 Å². The van der Waals surface area contributed by atoms with E-state index < -0.39 is 52.0 Å². The minimum Gasteiger partial charge on any atom is -0.508 e. The number of hydrogen-bond donors (Lipinski definition) is 6. The number of aliphatic hydroxyl groups is 3. The molecule has 7 N–H and O–H groups in total. The van der Waals surface area contributed by atoms with Crippen LogP contribution >= 0.6 is 0 Å². The number of Topliss-reactive ketones (excluding diaryl/α,β-unsaturated/α-hetero) is 2. The van der Waals surface area contributed by atoms with Crippen LogP contribution in [0.5, 0.6) is 11.5 Å². The molecule has 3 unspecified atom stereocenters. The maximum Gasteiger partial charge on any atom is 0.255 e. The second kappa shape index (κ2) is 11.5. The third-order valence-corrected chi connectivity index (χ3v) is 9.26. The maximum absolute atomic E-state index is 13.8. The highest BCUT2D eigenvalue weighted by Crippen LogP contribution is 2.53. The molecule has 3 aliphatic carbocycles. The molecule has 3 aromatic rings. The summed E-state index contributed by atoms with van der Waals surface area (Å²) in [5.41, 5.74) is 5.92. The van der Waals surface area contributed by atoms with Gasteiger partial charge in [-0.3, -0.25) is 14.4 Å². The van der Waals surface area contributed by atoms with E-state index in [9.17, 15) is 34.8 Å². The number of ether oxygens (including phenoxy) is 1. The number of phenolic OH excluding ortho intramolecular Hbond substituents is 1. The predicted octanol–water partition coefficient (Wildman–Crippen LogP) is 3.43. The van der Waals surface area contributed by atoms with Crippen LogP contribution in [0.3, 0.4) is 0 Å². The molecule has 232 valence electrons. The Hall–Kier alpha value is -4.93. The lowest BCUT2D eigenvalue weighted by Gasteiger charge is -2.46. The van der Waals surface area contributed by atoms with E-state index in [-0.39, 0.29) is 36.1 Å². The molecule has 0 radical (unpaired) electrons. The summed E-state index contributed by atoms with van der Waals surface area (Å²) in [6, 6.07) is 19.1. The average Bonchev–Trinajstić information content (AvgIpc) is 3.01. The maximum atomic E-state index is 13.8. The Kier molecular flexibility index (Phi) is 7.72. The lowest BCUT2D eigenvalue weighted by Crippen LogP contribution is -2.58. The topological polar surface area (TPSA) is 179 Å². The summed E-state index contributed by atoms with van der Waals surface area (Å²) in [4.78, 5) is 38.4. The molecule has 6 rings (SSSR count). The summed E-state index contributed by atoms with van der Waals surface area (Å²) >= 11 is 0. The number of nitrogens with two attached hydrogens (primary N) is 1. The molecule has 0 bridgehead atoms. The second-order valence-corrected chi connectivity index (χ2v) is 11.8. The Morgan fingerprint density at radius 2 is 1.76 bits per heavy atom. The van der Waals surface area contributed by atoms with Gasteiger partial charge in [0.05, 0.1) is 12.7 Å². The molecular weight excluding hydrogens is 576 g/mol. The molecule has 1 saturated carbocycles. The van der Waals surface area contributed by atoms with Crippen LogP contribution in [0.1, 0.15) is 35.1 Å². The number of methoxy groups -OCH3 is 1. The SMILES string of the molecule is COc1ccc(CNCCc2ccccc2)cc1-c1ccc(O)c2c1CC1CC3CC(=O)C(C(N)=O)=C(O)C3(O)C(=O)C1=C2O. The van der Waals surface area contributed by atoms with Gasteiger partial charge in [-0.15, -0.1) is 0 Å². The van der Waals surface area contributed by atoms with E-state index in [2.05, 4.69) is 17.4 Å². The van der Waals surface area contributed by atoms with Gasteiger partial charge >= 0.3 is 0 Å². The van der Waals surface area contributed by atoms with E-state index in [1.54, 1.807) is 13.2 Å². The van der Waals surface area contributed by atoms with Crippen molar-refractivity contribution >= 4 is 23.2 Å². The number of nitrogens with one attached hydrogen (secondary N) is 1. The van der Waals surface area contributed by atoms with Crippen LogP contribution in [-0.4, -0.2) is 57.2 Å². The van der Waals surface area contributed by atoms with Crippen molar-refractivity contribution in [1.29, 1.82) is 0 Å². The number of rotatable bonds is 8. The Bertz CT molecular complexity index is 1790. The molecule has 3 aromatic carbocycles. The van der Waals surface area contributed by atoms with Crippen molar-refractivity contribution in [3.63, 3.8) is 0 Å². The zero-order valence-corrected chi connectivity index (χ0v) is 24.7. The molecule has 0 spiro atoms. The summed E-state index contributed by atoms with van der Waals surface area (Å²) in [5.74, 6) is -6.03. The summed E-state index contributed by atoms with van der Waals surface area (Å²) in [6.07, 6.45) is 0.756. The van der Waals surface area contributed by atoms with Gasteiger partial charge in [-0.1, -0.05) is 42.5 Å². The molecule has 0 heterocycles. The van der Waals surface area contributed by atoms with Gasteiger partial charge in [-0.05, 0) is 72.2 Å². The van der Waals surface area contributed by atoms with Crippen LogP contribution in [-0.2, 0) is 33.8 Å². The number of carbonyl (C=O) groups excluding carboxylic acids is 3. The highest BCUT2D eigenvalue weighted by Gasteiger charge is 2.60. The Morgan fingerprint density at radius 3 is 2.47 bits per heavy atom. The lowest BCUT2D eigenvalue weighted by molar-refractivity contribution is -0.147. The van der Waals surface area contributed by atoms with E-state index in [1.165, 1.54) is 11.6 Å². The van der Waals surface area contributed by atoms with Crippen LogP contribution in [0, 0.1) is 11.8 Å². The first kappa shape index (κ1) is 30.1. The third kappa shape index (κ3) is 4.96. The van der Waals surface area contributed by atoms with E-state index in [0.29, 0.717) is 23.4 Å². The van der Waals surface area contributed by atoms with Crippen molar-refractivity contribution < 1.29 is 39.5 Å². The molecule has 45 heavy (non-hydrogen) atoms. The molecule has 3 aliphatic rings. The zero-order chi connectivity index (χ0) is 32.0. The standard InChI is InChI=1S/C35H34N2O8/c1-45-27-10-7-19(17-37-12-11-18-5-3-2-4-6-18)13-23(27)22-8-9-25(38)29-24(22)15-20-14-21-16-26(39)30(34(36)43)33(42)35(21,44)32(41)28(20)31(29)40/h2-10,13,20-21,37-38,40,42,44H,11-12,14-17H2,1H3,(H2,36,43). The fourth-order valence-electron chi connectivity index (χ4n) is 7.06. The van der Waals surface area contributed by atoms with Crippen LogP contribution in [0.4, 0.5) is 0 Å². The monoisotopic (exact) mass is 610 g/mol. The third-order valence-electron chi connectivity index (χ3n) is 9.26. The molecular formula is C35H34N2O8. The minimum atomic E-state index is -2.60. The first-order valence-electron chi connectivity index (χ1n) is 14.8. The van der Waals surface area contributed by atoms with Crippen LogP contribution < -0.4 is 15.8 Å². The normalized spacial score (nSPS) is 22.5. The molecule has 1 fully saturated rings. The summed E-state index contributed by atoms with van der Waals surface area (Å²) in [5, 5.41) is 48.2. The van der Waals surface area contributed by atoms with Crippen molar-refractivity contribution in [2.24, 2.45) is 17.6 Å². The Balaban J connectivity index is 1.37. The second-order valence-electron chi connectivity index (χ2n) is 11.8. The van der Waals surface area contributed by atoms with Crippen LogP contribution in [0.2, 0.25) is 0 Å². The number of benzene rings is 3. The number of aliphatic hydroxyl groups excluding tert-OH is 2. The van der Waals surface area contributed by atoms with Gasteiger partial charge in [0.15, 0.2) is 11.4 Å². The summed E-state index contributed by atoms with van der Waals surface area (Å²) in [7, 11) is 1.56. The van der Waals surface area contributed by atoms with Gasteiger partial charge in [0.1, 0.15) is 28.6 Å². The Morgan fingerprint density at radius 1 is 1.00 bits per heavy atom. The number of ketones is 2. The van der Waals surface area contributed by atoms with E-state index in [4.69, 9.17) is 10.5 Å². The first-order valence-corrected chi connectivity index (χ1v) is 14.8. The summed E-state index contributed by atoms with van der Waals surface area (Å²) in [6.45, 7) is 1.37. The predicted molar refractivity (Wildman–Crippen MR) is 165 cm³/mol. The van der Waals surface area contributed by atoms with Crippen molar-refractivity contribution in [2.75, 3.05) is 13.7 Å². The number of carbonyl (C=O) groups is 3. The number of aromatic hydroxyl groups is 1. The summed E-state index contributed by atoms with van der Waals surface area (Å²) < 4.78 is 5.69. The zero-order valence-electron chi connectivity index (χ0n) is 24.7. The Labute approximate surface area is 259 Å². The first-order chi connectivity index (χ1) is 21.6. The highest BCUT2D eigenvalue weighted by atomic mass is 16.5. The highest BCUT2D eigenvalue weighted by molar-refractivity contribution is 6.22. The number of hydrogen-bond acceptors (Lipinski definition) is 9. The van der Waals surface area contributed by atoms with Crippen molar-refractivity contribution in [3.8, 4) is 22.6 Å². The molecule has 0 aliphatic heterocycles. The number of primary amides is 1. The van der Waals surface area contributed by atoms with Gasteiger partial charge < -0.3 is 36.2 Å². The molecule has 3 atom stereocenters.